The number of furan rings is 1. The average Bonchev–Trinajstić information content (AvgIpc) is 3.21. The molecule has 0 aliphatic heterocycles. The second-order valence-electron chi connectivity index (χ2n) is 4.71. The number of carbonyl (C=O) groups excluding carboxylic acids is 1. The first-order valence-corrected chi connectivity index (χ1v) is 7.19. The first kappa shape index (κ1) is 14.4. The third kappa shape index (κ3) is 3.04. The molecular formula is C16H14ClN3O2. The van der Waals surface area contributed by atoms with Crippen molar-refractivity contribution in [2.45, 2.75) is 6.04 Å². The summed E-state index contributed by atoms with van der Waals surface area (Å²) in [5, 5.41) is 7.52. The minimum absolute atomic E-state index is 0.212. The standard InChI is InChI=1S/C16H14ClN3O2/c17-13-6-2-1-5-12(13)16(21)18-11-14(15-7-3-10-22-15)20-9-4-8-19-20/h1-10,14H,11H2,(H,18,21). The highest BCUT2D eigenvalue weighted by molar-refractivity contribution is 6.33. The Hall–Kier alpha value is -2.53. The molecule has 0 fully saturated rings. The molecule has 0 aliphatic carbocycles. The molecule has 1 unspecified atom stereocenters. The van der Waals surface area contributed by atoms with Gasteiger partial charge in [0.05, 0.1) is 16.8 Å². The Morgan fingerprint density at radius 2 is 2.14 bits per heavy atom. The van der Waals surface area contributed by atoms with Crippen molar-refractivity contribution in [2.75, 3.05) is 6.54 Å². The van der Waals surface area contributed by atoms with Gasteiger partial charge < -0.3 is 9.73 Å². The molecule has 22 heavy (non-hydrogen) atoms. The smallest absolute Gasteiger partial charge is 0.252 e. The number of aromatic nitrogens is 2. The van der Waals surface area contributed by atoms with Gasteiger partial charge in [-0.05, 0) is 30.3 Å². The van der Waals surface area contributed by atoms with Crippen LogP contribution in [-0.4, -0.2) is 22.2 Å². The molecule has 1 amide bonds. The zero-order chi connectivity index (χ0) is 15.4. The van der Waals surface area contributed by atoms with Crippen LogP contribution in [0, 0.1) is 0 Å². The third-order valence-corrected chi connectivity index (χ3v) is 3.62. The summed E-state index contributed by atoms with van der Waals surface area (Å²) in [5.41, 5.74) is 0.447. The number of carbonyl (C=O) groups is 1. The highest BCUT2D eigenvalue weighted by Gasteiger charge is 2.19. The molecule has 0 spiro atoms. The number of hydrogen-bond donors (Lipinski definition) is 1. The van der Waals surface area contributed by atoms with E-state index in [1.165, 1.54) is 0 Å². The maximum absolute atomic E-state index is 12.3. The van der Waals surface area contributed by atoms with E-state index in [0.29, 0.717) is 17.1 Å². The minimum Gasteiger partial charge on any atom is -0.467 e. The summed E-state index contributed by atoms with van der Waals surface area (Å²) in [6.07, 6.45) is 5.11. The van der Waals surface area contributed by atoms with Gasteiger partial charge in [-0.2, -0.15) is 5.10 Å². The summed E-state index contributed by atoms with van der Waals surface area (Å²) in [4.78, 5) is 12.3. The molecular weight excluding hydrogens is 302 g/mol. The van der Waals surface area contributed by atoms with E-state index in [2.05, 4.69) is 10.4 Å². The monoisotopic (exact) mass is 315 g/mol. The molecule has 1 atom stereocenters. The molecule has 0 saturated carbocycles. The summed E-state index contributed by atoms with van der Waals surface area (Å²) in [6.45, 7) is 0.346. The van der Waals surface area contributed by atoms with Gasteiger partial charge >= 0.3 is 0 Å². The van der Waals surface area contributed by atoms with E-state index in [-0.39, 0.29) is 11.9 Å². The van der Waals surface area contributed by atoms with Crippen molar-refractivity contribution in [3.8, 4) is 0 Å². The first-order valence-electron chi connectivity index (χ1n) is 6.81. The van der Waals surface area contributed by atoms with E-state index in [1.807, 2.05) is 24.4 Å². The topological polar surface area (TPSA) is 60.1 Å². The van der Waals surface area contributed by atoms with Gasteiger partial charge in [0, 0.05) is 18.9 Å². The molecule has 2 aromatic heterocycles. The Morgan fingerprint density at radius 3 is 2.82 bits per heavy atom. The number of hydrogen-bond acceptors (Lipinski definition) is 3. The van der Waals surface area contributed by atoms with Gasteiger partial charge in [-0.15, -0.1) is 0 Å². The zero-order valence-corrected chi connectivity index (χ0v) is 12.4. The van der Waals surface area contributed by atoms with Crippen LogP contribution in [-0.2, 0) is 0 Å². The number of amides is 1. The Morgan fingerprint density at radius 1 is 1.27 bits per heavy atom. The summed E-state index contributed by atoms with van der Waals surface area (Å²) >= 11 is 6.04. The molecule has 0 saturated heterocycles. The Labute approximate surface area is 132 Å². The summed E-state index contributed by atoms with van der Waals surface area (Å²) in [6, 6.07) is 12.2. The highest BCUT2D eigenvalue weighted by atomic mass is 35.5. The number of nitrogens with one attached hydrogen (secondary N) is 1. The predicted molar refractivity (Wildman–Crippen MR) is 82.9 cm³/mol. The zero-order valence-electron chi connectivity index (χ0n) is 11.6. The lowest BCUT2D eigenvalue weighted by Gasteiger charge is -2.16. The second kappa shape index (κ2) is 6.49. The van der Waals surface area contributed by atoms with Crippen LogP contribution in [0.15, 0.2) is 65.5 Å². The SMILES string of the molecule is O=C(NCC(c1ccco1)n1cccn1)c1ccccc1Cl. The molecule has 0 radical (unpaired) electrons. The second-order valence-corrected chi connectivity index (χ2v) is 5.11. The van der Waals surface area contributed by atoms with Crippen molar-refractivity contribution in [1.82, 2.24) is 15.1 Å². The lowest BCUT2D eigenvalue weighted by molar-refractivity contribution is 0.0948. The maximum atomic E-state index is 12.3. The van der Waals surface area contributed by atoms with Gasteiger partial charge in [0.25, 0.3) is 5.91 Å². The molecule has 1 aromatic carbocycles. The van der Waals surface area contributed by atoms with Gasteiger partial charge in [-0.25, -0.2) is 0 Å². The Balaban J connectivity index is 1.75. The molecule has 3 rings (SSSR count). The first-order chi connectivity index (χ1) is 10.8. The van der Waals surface area contributed by atoms with Crippen LogP contribution in [0.4, 0.5) is 0 Å². The fourth-order valence-corrected chi connectivity index (χ4v) is 2.42. The van der Waals surface area contributed by atoms with Gasteiger partial charge in [0.1, 0.15) is 11.8 Å². The molecule has 0 bridgehead atoms. The van der Waals surface area contributed by atoms with Crippen molar-refractivity contribution >= 4 is 17.5 Å². The van der Waals surface area contributed by atoms with E-state index in [1.54, 1.807) is 41.4 Å². The van der Waals surface area contributed by atoms with E-state index >= 15 is 0 Å². The van der Waals surface area contributed by atoms with Gasteiger partial charge in [-0.3, -0.25) is 9.48 Å². The van der Waals surface area contributed by atoms with Crippen LogP contribution in [0.5, 0.6) is 0 Å². The maximum Gasteiger partial charge on any atom is 0.252 e. The van der Waals surface area contributed by atoms with Crippen LogP contribution >= 0.6 is 11.6 Å². The van der Waals surface area contributed by atoms with Crippen LogP contribution in [0.25, 0.3) is 0 Å². The number of nitrogens with zero attached hydrogens (tertiary/aromatic N) is 2. The molecule has 112 valence electrons. The molecule has 0 aliphatic rings. The van der Waals surface area contributed by atoms with Crippen LogP contribution in [0.3, 0.4) is 0 Å². The van der Waals surface area contributed by atoms with Gasteiger partial charge in [0.15, 0.2) is 0 Å². The van der Waals surface area contributed by atoms with Crippen molar-refractivity contribution in [3.63, 3.8) is 0 Å². The largest absolute Gasteiger partial charge is 0.467 e. The molecule has 5 nitrogen and oxygen atoms in total. The lowest BCUT2D eigenvalue weighted by atomic mass is 10.2. The quantitative estimate of drug-likeness (QED) is 0.787. The normalized spacial score (nSPS) is 12.0. The molecule has 2 heterocycles. The van der Waals surface area contributed by atoms with Gasteiger partial charge in [-0.1, -0.05) is 23.7 Å². The molecule has 6 heteroatoms. The minimum atomic E-state index is -0.227. The van der Waals surface area contributed by atoms with E-state index < -0.39 is 0 Å². The van der Waals surface area contributed by atoms with Crippen LogP contribution in [0.2, 0.25) is 5.02 Å². The number of halogens is 1. The highest BCUT2D eigenvalue weighted by Crippen LogP contribution is 2.18. The van der Waals surface area contributed by atoms with Gasteiger partial charge in [0.2, 0.25) is 0 Å². The summed E-state index contributed by atoms with van der Waals surface area (Å²) in [5.74, 6) is 0.498. The Bertz CT molecular complexity index is 704. The fraction of sp³-hybridized carbons (Fsp3) is 0.125. The van der Waals surface area contributed by atoms with Crippen molar-refractivity contribution < 1.29 is 9.21 Å². The van der Waals surface area contributed by atoms with Crippen molar-refractivity contribution in [2.24, 2.45) is 0 Å². The van der Waals surface area contributed by atoms with E-state index in [9.17, 15) is 4.79 Å². The lowest BCUT2D eigenvalue weighted by Crippen LogP contribution is -2.31. The Kier molecular flexibility index (Phi) is 4.25. The van der Waals surface area contributed by atoms with E-state index in [0.717, 1.165) is 5.76 Å². The van der Waals surface area contributed by atoms with Crippen LogP contribution < -0.4 is 5.32 Å². The fourth-order valence-electron chi connectivity index (χ4n) is 2.20. The molecule has 3 aromatic rings. The molecule has 1 N–H and O–H groups in total. The van der Waals surface area contributed by atoms with Crippen molar-refractivity contribution in [3.05, 3.63) is 77.5 Å². The summed E-state index contributed by atoms with van der Waals surface area (Å²) in [7, 11) is 0. The van der Waals surface area contributed by atoms with Crippen molar-refractivity contribution in [1.29, 1.82) is 0 Å². The number of benzene rings is 1. The summed E-state index contributed by atoms with van der Waals surface area (Å²) < 4.78 is 7.18. The van der Waals surface area contributed by atoms with E-state index in [4.69, 9.17) is 16.0 Å². The predicted octanol–water partition coefficient (Wildman–Crippen LogP) is 3.15. The van der Waals surface area contributed by atoms with Crippen LogP contribution in [0.1, 0.15) is 22.2 Å². The number of rotatable bonds is 5. The third-order valence-electron chi connectivity index (χ3n) is 3.29. The average molecular weight is 316 g/mol.